The van der Waals surface area contributed by atoms with Gasteiger partial charge in [0.2, 0.25) is 23.1 Å². The maximum atomic E-state index is 12.1. The van der Waals surface area contributed by atoms with Crippen molar-refractivity contribution < 1.29 is 19.2 Å². The third kappa shape index (κ3) is 2.01. The van der Waals surface area contributed by atoms with Gasteiger partial charge in [-0.3, -0.25) is 19.2 Å². The summed E-state index contributed by atoms with van der Waals surface area (Å²) in [5.41, 5.74) is 1.63. The Bertz CT molecular complexity index is 808. The van der Waals surface area contributed by atoms with E-state index in [4.69, 9.17) is 11.6 Å². The van der Waals surface area contributed by atoms with E-state index in [1.165, 1.54) is 0 Å². The highest BCUT2D eigenvalue weighted by Crippen LogP contribution is 2.34. The number of aryl methyl sites for hydroxylation is 1. The van der Waals surface area contributed by atoms with Gasteiger partial charge in [0.15, 0.2) is 0 Å². The largest absolute Gasteiger partial charge is 0.358 e. The minimum atomic E-state index is -1.36. The number of rotatable bonds is 1. The van der Waals surface area contributed by atoms with Crippen molar-refractivity contribution in [2.75, 3.05) is 0 Å². The van der Waals surface area contributed by atoms with Crippen molar-refractivity contribution >= 4 is 45.6 Å². The molecular formula is C15H10ClNO4. The van der Waals surface area contributed by atoms with Crippen LogP contribution in [0.1, 0.15) is 23.6 Å². The summed E-state index contributed by atoms with van der Waals surface area (Å²) >= 11 is 5.95. The summed E-state index contributed by atoms with van der Waals surface area (Å²) in [5.74, 6) is -4.65. The van der Waals surface area contributed by atoms with Gasteiger partial charge in [0.05, 0.1) is 6.42 Å². The van der Waals surface area contributed by atoms with E-state index in [0.717, 1.165) is 0 Å². The van der Waals surface area contributed by atoms with Crippen molar-refractivity contribution in [3.05, 3.63) is 34.5 Å². The average molecular weight is 304 g/mol. The highest BCUT2D eigenvalue weighted by atomic mass is 35.5. The molecule has 0 saturated heterocycles. The molecule has 1 aliphatic carbocycles. The van der Waals surface area contributed by atoms with Gasteiger partial charge in [-0.2, -0.15) is 0 Å². The molecule has 0 unspecified atom stereocenters. The van der Waals surface area contributed by atoms with E-state index in [0.29, 0.717) is 27.2 Å². The zero-order valence-corrected chi connectivity index (χ0v) is 11.8. The molecule has 0 radical (unpaired) electrons. The predicted octanol–water partition coefficient (Wildman–Crippen LogP) is 1.89. The van der Waals surface area contributed by atoms with E-state index in [-0.39, 0.29) is 0 Å². The van der Waals surface area contributed by atoms with Crippen molar-refractivity contribution in [2.45, 2.75) is 19.3 Å². The minimum Gasteiger partial charge on any atom is -0.358 e. The van der Waals surface area contributed by atoms with Gasteiger partial charge in [-0.05, 0) is 30.7 Å². The molecule has 0 spiro atoms. The summed E-state index contributed by atoms with van der Waals surface area (Å²) in [4.78, 5) is 50.4. The van der Waals surface area contributed by atoms with Crippen LogP contribution in [0.2, 0.25) is 5.02 Å². The van der Waals surface area contributed by atoms with Crippen LogP contribution in [0.15, 0.2) is 18.2 Å². The molecule has 1 heterocycles. The highest BCUT2D eigenvalue weighted by molar-refractivity contribution is 6.61. The molecule has 0 aliphatic heterocycles. The molecule has 6 heteroatoms. The molecule has 3 rings (SSSR count). The SMILES string of the molecule is Cc1[nH]c2ccc(Cl)cc2c1C1C(=O)C(=O)CC(=O)C1=O. The zero-order chi connectivity index (χ0) is 15.3. The molecule has 2 aromatic rings. The quantitative estimate of drug-likeness (QED) is 0.644. The van der Waals surface area contributed by atoms with Gasteiger partial charge in [-0.15, -0.1) is 0 Å². The molecule has 0 atom stereocenters. The first kappa shape index (κ1) is 13.7. The number of fused-ring (bicyclic) bond motifs is 1. The van der Waals surface area contributed by atoms with Crippen molar-refractivity contribution in [1.82, 2.24) is 4.98 Å². The second-order valence-electron chi connectivity index (χ2n) is 5.04. The normalized spacial score (nSPS) is 17.0. The maximum absolute atomic E-state index is 12.1. The van der Waals surface area contributed by atoms with Crippen LogP contribution in [-0.4, -0.2) is 28.1 Å². The number of hydrogen-bond donors (Lipinski definition) is 1. The van der Waals surface area contributed by atoms with Crippen LogP contribution < -0.4 is 0 Å². The van der Waals surface area contributed by atoms with E-state index in [9.17, 15) is 19.2 Å². The van der Waals surface area contributed by atoms with E-state index in [1.54, 1.807) is 25.1 Å². The van der Waals surface area contributed by atoms with Crippen LogP contribution in [0.3, 0.4) is 0 Å². The first-order chi connectivity index (χ1) is 9.90. The summed E-state index contributed by atoms with van der Waals surface area (Å²) in [6, 6.07) is 5.00. The van der Waals surface area contributed by atoms with Gasteiger partial charge in [-0.25, -0.2) is 0 Å². The fraction of sp³-hybridized carbons (Fsp3) is 0.200. The Hall–Kier alpha value is -2.27. The number of carbonyl (C=O) groups excluding carboxylic acids is 4. The lowest BCUT2D eigenvalue weighted by atomic mass is 9.79. The van der Waals surface area contributed by atoms with Gasteiger partial charge in [0.25, 0.3) is 0 Å². The molecule has 1 saturated carbocycles. The van der Waals surface area contributed by atoms with Gasteiger partial charge in [-0.1, -0.05) is 11.6 Å². The Balaban J connectivity index is 2.27. The number of ketones is 4. The first-order valence-corrected chi connectivity index (χ1v) is 6.69. The van der Waals surface area contributed by atoms with Crippen LogP contribution in [0.5, 0.6) is 0 Å². The van der Waals surface area contributed by atoms with Crippen molar-refractivity contribution in [3.63, 3.8) is 0 Å². The van der Waals surface area contributed by atoms with Crippen LogP contribution in [-0.2, 0) is 19.2 Å². The number of nitrogens with one attached hydrogen (secondary N) is 1. The fourth-order valence-electron chi connectivity index (χ4n) is 2.71. The summed E-state index contributed by atoms with van der Waals surface area (Å²) in [6.07, 6.45) is -0.629. The number of carbonyl (C=O) groups is 4. The van der Waals surface area contributed by atoms with Crippen molar-refractivity contribution in [2.24, 2.45) is 0 Å². The fourth-order valence-corrected chi connectivity index (χ4v) is 2.89. The van der Waals surface area contributed by atoms with Gasteiger partial charge >= 0.3 is 0 Å². The average Bonchev–Trinajstić information content (AvgIpc) is 2.73. The Kier molecular flexibility index (Phi) is 3.02. The molecule has 1 fully saturated rings. The van der Waals surface area contributed by atoms with E-state index < -0.39 is 35.5 Å². The van der Waals surface area contributed by atoms with Gasteiger partial charge in [0, 0.05) is 21.6 Å². The minimum absolute atomic E-state index is 0.365. The molecule has 1 aromatic carbocycles. The number of aromatic amines is 1. The predicted molar refractivity (Wildman–Crippen MR) is 75.4 cm³/mol. The standard InChI is InChI=1S/C15H10ClNO4/c1-6-12(8-4-7(16)2-3-9(8)17-6)13-14(20)10(18)5-11(19)15(13)21/h2-4,13,17H,5H2,1H3. The molecule has 0 bridgehead atoms. The first-order valence-electron chi connectivity index (χ1n) is 6.32. The topological polar surface area (TPSA) is 84.1 Å². The highest BCUT2D eigenvalue weighted by Gasteiger charge is 2.44. The molecule has 0 amide bonds. The third-order valence-corrected chi connectivity index (χ3v) is 3.92. The van der Waals surface area contributed by atoms with Crippen LogP contribution in [0.25, 0.3) is 10.9 Å². The summed E-state index contributed by atoms with van der Waals surface area (Å²) in [6.45, 7) is 1.69. The van der Waals surface area contributed by atoms with Gasteiger partial charge < -0.3 is 4.98 Å². The van der Waals surface area contributed by atoms with Crippen LogP contribution in [0.4, 0.5) is 0 Å². The third-order valence-electron chi connectivity index (χ3n) is 3.68. The van der Waals surface area contributed by atoms with E-state index >= 15 is 0 Å². The Morgan fingerprint density at radius 3 is 2.33 bits per heavy atom. The number of halogens is 1. The molecule has 21 heavy (non-hydrogen) atoms. The van der Waals surface area contributed by atoms with E-state index in [1.807, 2.05) is 0 Å². The smallest absolute Gasteiger partial charge is 0.214 e. The number of aromatic nitrogens is 1. The molecule has 1 aliphatic rings. The Morgan fingerprint density at radius 1 is 1.10 bits per heavy atom. The Labute approximate surface area is 124 Å². The van der Waals surface area contributed by atoms with Crippen LogP contribution in [0, 0.1) is 6.92 Å². The lowest BCUT2D eigenvalue weighted by molar-refractivity contribution is -0.149. The molecule has 1 N–H and O–H groups in total. The van der Waals surface area contributed by atoms with Crippen molar-refractivity contribution in [1.29, 1.82) is 0 Å². The lowest BCUT2D eigenvalue weighted by Gasteiger charge is -2.18. The number of Topliss-reactive ketones (excluding diaryl/α,β-unsaturated/α-hetero) is 4. The summed E-state index contributed by atoms with van der Waals surface area (Å²) < 4.78 is 0. The molecule has 106 valence electrons. The lowest BCUT2D eigenvalue weighted by Crippen LogP contribution is -2.40. The summed E-state index contributed by atoms with van der Waals surface area (Å²) in [5, 5.41) is 1.02. The van der Waals surface area contributed by atoms with Gasteiger partial charge in [0.1, 0.15) is 5.92 Å². The maximum Gasteiger partial charge on any atom is 0.214 e. The monoisotopic (exact) mass is 303 g/mol. The number of benzene rings is 1. The van der Waals surface area contributed by atoms with E-state index in [2.05, 4.69) is 4.98 Å². The molecule has 1 aromatic heterocycles. The summed E-state index contributed by atoms with van der Waals surface area (Å²) in [7, 11) is 0. The second-order valence-corrected chi connectivity index (χ2v) is 5.47. The number of hydrogen-bond acceptors (Lipinski definition) is 4. The molecular weight excluding hydrogens is 294 g/mol. The Morgan fingerprint density at radius 2 is 1.71 bits per heavy atom. The molecule has 5 nitrogen and oxygen atoms in total. The second kappa shape index (κ2) is 4.63. The zero-order valence-electron chi connectivity index (χ0n) is 11.0. The van der Waals surface area contributed by atoms with Crippen molar-refractivity contribution in [3.8, 4) is 0 Å². The van der Waals surface area contributed by atoms with Crippen LogP contribution >= 0.6 is 11.6 Å². The number of H-pyrrole nitrogens is 1.